The van der Waals surface area contributed by atoms with Crippen molar-refractivity contribution in [2.45, 2.75) is 51.6 Å². The summed E-state index contributed by atoms with van der Waals surface area (Å²) in [6.45, 7) is 7.26. The molecule has 1 aliphatic heterocycles. The highest BCUT2D eigenvalue weighted by Gasteiger charge is 2.33. The maximum atomic E-state index is 11.4. The number of hydrogen-bond donors (Lipinski definition) is 2. The molecule has 3 rings (SSSR count). The van der Waals surface area contributed by atoms with Crippen LogP contribution in [0.4, 0.5) is 4.79 Å². The molecule has 0 spiro atoms. The van der Waals surface area contributed by atoms with Crippen LogP contribution in [0, 0.1) is 13.8 Å². The minimum Gasteiger partial charge on any atom is -0.488 e. The molecule has 0 radical (unpaired) electrons. The standard InChI is InChI=1S/C24H34N2O5/c1-18-19(2)25-22(31-23(27)29-3)21(18)30-17-9-5-8-14-26-15-12-24(28,13-16-26)20-10-6-4-7-11-20/h4,6-7,10-11,25,28H,5,8-9,12-17H2,1-3H3. The second-order valence-corrected chi connectivity index (χ2v) is 8.24. The van der Waals surface area contributed by atoms with Crippen LogP contribution in [0.25, 0.3) is 0 Å². The van der Waals surface area contributed by atoms with Crippen molar-refractivity contribution in [3.05, 3.63) is 47.2 Å². The zero-order valence-electron chi connectivity index (χ0n) is 18.8. The maximum absolute atomic E-state index is 11.4. The molecule has 1 aromatic heterocycles. The number of aryl methyl sites for hydroxylation is 1. The summed E-state index contributed by atoms with van der Waals surface area (Å²) in [6.07, 6.45) is 3.83. The first-order valence-corrected chi connectivity index (χ1v) is 11.0. The Kier molecular flexibility index (Phi) is 7.98. The van der Waals surface area contributed by atoms with Crippen molar-refractivity contribution in [1.29, 1.82) is 0 Å². The number of benzene rings is 1. The molecule has 170 valence electrons. The molecule has 1 fully saturated rings. The fourth-order valence-corrected chi connectivity index (χ4v) is 4.00. The number of aliphatic hydroxyl groups is 1. The van der Waals surface area contributed by atoms with Crippen LogP contribution in [-0.4, -0.2) is 54.5 Å². The number of aromatic nitrogens is 1. The number of H-pyrrole nitrogens is 1. The lowest BCUT2D eigenvalue weighted by atomic mass is 9.84. The van der Waals surface area contributed by atoms with Crippen molar-refractivity contribution in [3.8, 4) is 11.6 Å². The largest absolute Gasteiger partial charge is 0.514 e. The lowest BCUT2D eigenvalue weighted by Gasteiger charge is -2.38. The number of piperidine rings is 1. The van der Waals surface area contributed by atoms with Gasteiger partial charge in [0.2, 0.25) is 5.88 Å². The first-order chi connectivity index (χ1) is 14.9. The first kappa shape index (κ1) is 23.2. The second kappa shape index (κ2) is 10.7. The minimum atomic E-state index is -0.771. The zero-order chi connectivity index (χ0) is 22.3. The van der Waals surface area contributed by atoms with Crippen molar-refractivity contribution >= 4 is 6.16 Å². The van der Waals surface area contributed by atoms with Crippen LogP contribution in [0.15, 0.2) is 30.3 Å². The molecule has 7 heteroatoms. The Morgan fingerprint density at radius 3 is 2.52 bits per heavy atom. The van der Waals surface area contributed by atoms with E-state index in [9.17, 15) is 9.90 Å². The van der Waals surface area contributed by atoms with Gasteiger partial charge in [0.1, 0.15) is 0 Å². The number of methoxy groups -OCH3 is 1. The number of unbranched alkanes of at least 4 members (excludes halogenated alkanes) is 2. The van der Waals surface area contributed by atoms with Gasteiger partial charge in [0.05, 0.1) is 19.3 Å². The number of rotatable bonds is 9. The molecule has 0 bridgehead atoms. The Hall–Kier alpha value is -2.51. The number of ether oxygens (including phenoxy) is 3. The van der Waals surface area contributed by atoms with E-state index < -0.39 is 11.8 Å². The normalized spacial score (nSPS) is 16.1. The molecule has 2 aromatic rings. The number of nitrogens with one attached hydrogen (secondary N) is 1. The Bertz CT molecular complexity index is 841. The third-order valence-corrected chi connectivity index (χ3v) is 6.12. The molecule has 0 unspecified atom stereocenters. The maximum Gasteiger partial charge on any atom is 0.514 e. The van der Waals surface area contributed by atoms with E-state index in [1.807, 2.05) is 44.2 Å². The number of hydrogen-bond acceptors (Lipinski definition) is 6. The summed E-state index contributed by atoms with van der Waals surface area (Å²) < 4.78 is 15.6. The lowest BCUT2D eigenvalue weighted by Crippen LogP contribution is -2.42. The quantitative estimate of drug-likeness (QED) is 0.456. The average Bonchev–Trinajstić information content (AvgIpc) is 3.05. The minimum absolute atomic E-state index is 0.293. The first-order valence-electron chi connectivity index (χ1n) is 11.0. The van der Waals surface area contributed by atoms with E-state index in [-0.39, 0.29) is 0 Å². The molecule has 0 saturated carbocycles. The van der Waals surface area contributed by atoms with E-state index in [4.69, 9.17) is 9.47 Å². The van der Waals surface area contributed by atoms with Crippen LogP contribution in [0.1, 0.15) is 48.9 Å². The Morgan fingerprint density at radius 2 is 1.84 bits per heavy atom. The van der Waals surface area contributed by atoms with Crippen molar-refractivity contribution in [3.63, 3.8) is 0 Å². The van der Waals surface area contributed by atoms with Gasteiger partial charge in [-0.3, -0.25) is 0 Å². The fourth-order valence-electron chi connectivity index (χ4n) is 4.00. The highest BCUT2D eigenvalue weighted by Crippen LogP contribution is 2.34. The van der Waals surface area contributed by atoms with Gasteiger partial charge < -0.3 is 29.2 Å². The van der Waals surface area contributed by atoms with Crippen LogP contribution < -0.4 is 9.47 Å². The molecule has 1 aliphatic rings. The van der Waals surface area contributed by atoms with Crippen LogP contribution in [0.3, 0.4) is 0 Å². The van der Waals surface area contributed by atoms with Gasteiger partial charge in [-0.05, 0) is 58.1 Å². The smallest absolute Gasteiger partial charge is 0.488 e. The zero-order valence-corrected chi connectivity index (χ0v) is 18.8. The summed E-state index contributed by atoms with van der Waals surface area (Å²) >= 11 is 0. The summed E-state index contributed by atoms with van der Waals surface area (Å²) in [5.41, 5.74) is 2.16. The van der Waals surface area contributed by atoms with Gasteiger partial charge in [0.15, 0.2) is 5.75 Å². The van der Waals surface area contributed by atoms with Gasteiger partial charge >= 0.3 is 6.16 Å². The van der Waals surface area contributed by atoms with Gasteiger partial charge in [-0.1, -0.05) is 30.3 Å². The summed E-state index contributed by atoms with van der Waals surface area (Å²) in [7, 11) is 1.27. The van der Waals surface area contributed by atoms with Gasteiger partial charge in [-0.25, -0.2) is 4.79 Å². The van der Waals surface area contributed by atoms with Crippen molar-refractivity contribution in [1.82, 2.24) is 9.88 Å². The van der Waals surface area contributed by atoms with Crippen molar-refractivity contribution in [2.75, 3.05) is 33.4 Å². The molecular weight excluding hydrogens is 396 g/mol. The average molecular weight is 431 g/mol. The highest BCUT2D eigenvalue weighted by atomic mass is 16.7. The molecule has 1 saturated heterocycles. The molecule has 0 atom stereocenters. The predicted octanol–water partition coefficient (Wildman–Crippen LogP) is 4.31. The molecule has 2 N–H and O–H groups in total. The van der Waals surface area contributed by atoms with Gasteiger partial charge in [-0.15, -0.1) is 0 Å². The van der Waals surface area contributed by atoms with E-state index in [1.165, 1.54) is 7.11 Å². The predicted molar refractivity (Wildman–Crippen MR) is 119 cm³/mol. The molecule has 7 nitrogen and oxygen atoms in total. The second-order valence-electron chi connectivity index (χ2n) is 8.24. The Balaban J connectivity index is 1.35. The summed E-state index contributed by atoms with van der Waals surface area (Å²) in [5, 5.41) is 10.9. The fraction of sp³-hybridized carbons (Fsp3) is 0.542. The molecule has 0 aliphatic carbocycles. The van der Waals surface area contributed by atoms with E-state index in [1.54, 1.807) is 0 Å². The van der Waals surface area contributed by atoms with E-state index in [2.05, 4.69) is 14.6 Å². The number of nitrogens with zero attached hydrogens (tertiary/aromatic N) is 1. The van der Waals surface area contributed by atoms with Crippen LogP contribution >= 0.6 is 0 Å². The Labute approximate surface area is 184 Å². The SMILES string of the molecule is COC(=O)Oc1[nH]c(C)c(C)c1OCCCCCN1CCC(O)(c2ccccc2)CC1. The summed E-state index contributed by atoms with van der Waals surface area (Å²) in [6, 6.07) is 10.00. The van der Waals surface area contributed by atoms with E-state index >= 15 is 0 Å². The molecular formula is C24H34N2O5. The third kappa shape index (κ3) is 6.02. The van der Waals surface area contributed by atoms with Gasteiger partial charge in [0.25, 0.3) is 0 Å². The van der Waals surface area contributed by atoms with Crippen LogP contribution in [0.2, 0.25) is 0 Å². The van der Waals surface area contributed by atoms with Gasteiger partial charge in [-0.2, -0.15) is 0 Å². The van der Waals surface area contributed by atoms with Crippen LogP contribution in [0.5, 0.6) is 11.6 Å². The topological polar surface area (TPSA) is 84.0 Å². The van der Waals surface area contributed by atoms with E-state index in [0.717, 1.165) is 68.6 Å². The summed E-state index contributed by atoms with van der Waals surface area (Å²) in [4.78, 5) is 16.8. The highest BCUT2D eigenvalue weighted by molar-refractivity contribution is 5.65. The van der Waals surface area contributed by atoms with E-state index in [0.29, 0.717) is 18.2 Å². The van der Waals surface area contributed by atoms with Crippen molar-refractivity contribution in [2.24, 2.45) is 0 Å². The monoisotopic (exact) mass is 430 g/mol. The summed E-state index contributed by atoms with van der Waals surface area (Å²) in [5.74, 6) is 0.861. The number of carbonyl (C=O) groups excluding carboxylic acids is 1. The number of likely N-dealkylation sites (tertiary alicyclic amines) is 1. The third-order valence-electron chi connectivity index (χ3n) is 6.12. The number of aromatic amines is 1. The Morgan fingerprint density at radius 1 is 1.13 bits per heavy atom. The molecule has 31 heavy (non-hydrogen) atoms. The van der Waals surface area contributed by atoms with Crippen molar-refractivity contribution < 1.29 is 24.1 Å². The van der Waals surface area contributed by atoms with Crippen LogP contribution in [-0.2, 0) is 10.3 Å². The molecule has 2 heterocycles. The van der Waals surface area contributed by atoms with Gasteiger partial charge in [0, 0.05) is 24.3 Å². The molecule has 1 aromatic carbocycles. The lowest BCUT2D eigenvalue weighted by molar-refractivity contribution is -0.0261. The number of carbonyl (C=O) groups is 1. The molecule has 0 amide bonds.